The molecular formula is C15H9BrCl2N2. The fourth-order valence-electron chi connectivity index (χ4n) is 1.98. The molecule has 1 aromatic carbocycles. The normalized spacial score (nSPS) is 11.6. The lowest BCUT2D eigenvalue weighted by Gasteiger charge is -2.00. The van der Waals surface area contributed by atoms with E-state index in [1.54, 1.807) is 6.20 Å². The number of aromatic nitrogens is 2. The summed E-state index contributed by atoms with van der Waals surface area (Å²) in [7, 11) is 0. The zero-order chi connectivity index (χ0) is 14.1. The van der Waals surface area contributed by atoms with E-state index in [0.29, 0.717) is 10.0 Å². The summed E-state index contributed by atoms with van der Waals surface area (Å²) in [5, 5.41) is 2.31. The van der Waals surface area contributed by atoms with Gasteiger partial charge in [-0.05, 0) is 34.1 Å². The molecule has 0 aliphatic rings. The van der Waals surface area contributed by atoms with Crippen LogP contribution in [0.2, 0.25) is 10.0 Å². The molecular weight excluding hydrogens is 359 g/mol. The van der Waals surface area contributed by atoms with Crippen LogP contribution in [0.15, 0.2) is 41.1 Å². The van der Waals surface area contributed by atoms with Crippen LogP contribution in [-0.2, 0) is 0 Å². The highest BCUT2D eigenvalue weighted by atomic mass is 79.9. The number of fused-ring (bicyclic) bond motifs is 1. The summed E-state index contributed by atoms with van der Waals surface area (Å²) >= 11 is 15.7. The quantitative estimate of drug-likeness (QED) is 0.608. The Morgan fingerprint density at radius 1 is 1.15 bits per heavy atom. The van der Waals surface area contributed by atoms with E-state index in [9.17, 15) is 0 Å². The van der Waals surface area contributed by atoms with Crippen LogP contribution in [0.5, 0.6) is 0 Å². The van der Waals surface area contributed by atoms with Crippen molar-refractivity contribution < 1.29 is 0 Å². The van der Waals surface area contributed by atoms with Gasteiger partial charge in [0.15, 0.2) is 0 Å². The van der Waals surface area contributed by atoms with Crippen LogP contribution >= 0.6 is 39.1 Å². The van der Waals surface area contributed by atoms with Crippen LogP contribution in [0.4, 0.5) is 0 Å². The number of hydrogen-bond donors (Lipinski definition) is 1. The number of nitrogens with zero attached hydrogens (tertiary/aromatic N) is 1. The van der Waals surface area contributed by atoms with Crippen LogP contribution in [-0.4, -0.2) is 9.97 Å². The second kappa shape index (κ2) is 5.60. The molecule has 2 heterocycles. The molecule has 0 radical (unpaired) electrons. The van der Waals surface area contributed by atoms with Crippen molar-refractivity contribution in [1.29, 1.82) is 0 Å². The summed E-state index contributed by atoms with van der Waals surface area (Å²) < 4.78 is 0.940. The SMILES string of the molecule is Clc1cccc(Cl)c1C=Cc1c[nH]c2ncc(Br)cc12. The molecule has 0 fully saturated rings. The summed E-state index contributed by atoms with van der Waals surface area (Å²) in [6, 6.07) is 7.49. The maximum absolute atomic E-state index is 6.15. The number of benzene rings is 1. The van der Waals surface area contributed by atoms with Crippen LogP contribution in [0.1, 0.15) is 11.1 Å². The minimum Gasteiger partial charge on any atom is -0.346 e. The lowest BCUT2D eigenvalue weighted by atomic mass is 10.1. The Hall–Kier alpha value is -1.29. The van der Waals surface area contributed by atoms with Gasteiger partial charge in [-0.15, -0.1) is 0 Å². The first kappa shape index (κ1) is 13.7. The standard InChI is InChI=1S/C15H9BrCl2N2/c16-10-6-12-9(7-19-15(12)20-8-10)4-5-11-13(17)2-1-3-14(11)18/h1-8H,(H,19,20). The molecule has 0 bridgehead atoms. The Balaban J connectivity index is 2.05. The van der Waals surface area contributed by atoms with Gasteiger partial charge in [0.05, 0.1) is 0 Å². The minimum absolute atomic E-state index is 0.632. The maximum atomic E-state index is 6.15. The molecule has 1 N–H and O–H groups in total. The Bertz CT molecular complexity index is 788. The first-order chi connectivity index (χ1) is 9.65. The largest absolute Gasteiger partial charge is 0.346 e. The van der Waals surface area contributed by atoms with Crippen LogP contribution < -0.4 is 0 Å². The average Bonchev–Trinajstić information content (AvgIpc) is 2.81. The molecule has 3 aromatic rings. The molecule has 0 unspecified atom stereocenters. The van der Waals surface area contributed by atoms with E-state index in [0.717, 1.165) is 26.6 Å². The van der Waals surface area contributed by atoms with Gasteiger partial charge in [-0.1, -0.05) is 41.4 Å². The summed E-state index contributed by atoms with van der Waals surface area (Å²) in [6.45, 7) is 0. The number of H-pyrrole nitrogens is 1. The van der Waals surface area contributed by atoms with Crippen molar-refractivity contribution in [3.63, 3.8) is 0 Å². The summed E-state index contributed by atoms with van der Waals surface area (Å²) in [6.07, 6.45) is 7.55. The van der Waals surface area contributed by atoms with Gasteiger partial charge in [-0.2, -0.15) is 0 Å². The summed E-state index contributed by atoms with van der Waals surface area (Å²) in [5.41, 5.74) is 2.69. The first-order valence-corrected chi connectivity index (χ1v) is 7.45. The van der Waals surface area contributed by atoms with Gasteiger partial charge in [0.1, 0.15) is 5.65 Å². The predicted octanol–water partition coefficient (Wildman–Crippen LogP) is 5.80. The molecule has 0 aliphatic carbocycles. The maximum Gasteiger partial charge on any atom is 0.137 e. The average molecular weight is 368 g/mol. The van der Waals surface area contributed by atoms with Crippen molar-refractivity contribution in [1.82, 2.24) is 9.97 Å². The van der Waals surface area contributed by atoms with Crippen LogP contribution in [0.3, 0.4) is 0 Å². The monoisotopic (exact) mass is 366 g/mol. The topological polar surface area (TPSA) is 28.7 Å². The van der Waals surface area contributed by atoms with E-state index in [1.165, 1.54) is 0 Å². The summed E-state index contributed by atoms with van der Waals surface area (Å²) in [5.74, 6) is 0. The van der Waals surface area contributed by atoms with Gasteiger partial charge in [0, 0.05) is 43.4 Å². The Labute approximate surface area is 134 Å². The smallest absolute Gasteiger partial charge is 0.137 e. The van der Waals surface area contributed by atoms with Crippen LogP contribution in [0, 0.1) is 0 Å². The Morgan fingerprint density at radius 3 is 2.65 bits per heavy atom. The van der Waals surface area contributed by atoms with Gasteiger partial charge < -0.3 is 4.98 Å². The van der Waals surface area contributed by atoms with Gasteiger partial charge in [-0.3, -0.25) is 0 Å². The lowest BCUT2D eigenvalue weighted by molar-refractivity contribution is 1.31. The second-order valence-corrected chi connectivity index (χ2v) is 5.99. The minimum atomic E-state index is 0.632. The van der Waals surface area contributed by atoms with E-state index in [2.05, 4.69) is 25.9 Å². The van der Waals surface area contributed by atoms with Crippen molar-refractivity contribution in [3.8, 4) is 0 Å². The van der Waals surface area contributed by atoms with Crippen molar-refractivity contribution in [3.05, 3.63) is 62.3 Å². The van der Waals surface area contributed by atoms with Crippen molar-refractivity contribution in [2.45, 2.75) is 0 Å². The van der Waals surface area contributed by atoms with E-state index >= 15 is 0 Å². The zero-order valence-corrected chi connectivity index (χ0v) is 13.3. The third-order valence-corrected chi connectivity index (χ3v) is 4.05. The van der Waals surface area contributed by atoms with Crippen molar-refractivity contribution in [2.24, 2.45) is 0 Å². The molecule has 0 atom stereocenters. The lowest BCUT2D eigenvalue weighted by Crippen LogP contribution is -1.78. The number of rotatable bonds is 2. The molecule has 20 heavy (non-hydrogen) atoms. The molecule has 5 heteroatoms. The highest BCUT2D eigenvalue weighted by Crippen LogP contribution is 2.28. The highest BCUT2D eigenvalue weighted by Gasteiger charge is 2.04. The first-order valence-electron chi connectivity index (χ1n) is 5.90. The van der Waals surface area contributed by atoms with Gasteiger partial charge in [-0.25, -0.2) is 4.98 Å². The van der Waals surface area contributed by atoms with Gasteiger partial charge >= 0.3 is 0 Å². The predicted molar refractivity (Wildman–Crippen MR) is 89.2 cm³/mol. The highest BCUT2D eigenvalue weighted by molar-refractivity contribution is 9.10. The van der Waals surface area contributed by atoms with E-state index in [-0.39, 0.29) is 0 Å². The number of pyridine rings is 1. The van der Waals surface area contributed by atoms with Gasteiger partial charge in [0.25, 0.3) is 0 Å². The number of hydrogen-bond acceptors (Lipinski definition) is 1. The number of halogens is 3. The number of nitrogens with one attached hydrogen (secondary N) is 1. The number of aromatic amines is 1. The van der Waals surface area contributed by atoms with E-state index < -0.39 is 0 Å². The van der Waals surface area contributed by atoms with E-state index in [4.69, 9.17) is 23.2 Å². The molecule has 2 nitrogen and oxygen atoms in total. The molecule has 2 aromatic heterocycles. The molecule has 0 saturated heterocycles. The fourth-order valence-corrected chi connectivity index (χ4v) is 2.83. The molecule has 0 spiro atoms. The molecule has 0 amide bonds. The molecule has 0 saturated carbocycles. The van der Waals surface area contributed by atoms with Crippen LogP contribution in [0.25, 0.3) is 23.2 Å². The molecule has 3 rings (SSSR count). The third-order valence-electron chi connectivity index (χ3n) is 2.96. The fraction of sp³-hybridized carbons (Fsp3) is 0. The molecule has 100 valence electrons. The third kappa shape index (κ3) is 2.62. The van der Waals surface area contributed by atoms with Gasteiger partial charge in [0.2, 0.25) is 0 Å². The Morgan fingerprint density at radius 2 is 1.90 bits per heavy atom. The zero-order valence-electron chi connectivity index (χ0n) is 10.2. The van der Waals surface area contributed by atoms with Crippen molar-refractivity contribution in [2.75, 3.05) is 0 Å². The Kier molecular flexibility index (Phi) is 3.83. The molecule has 0 aliphatic heterocycles. The van der Waals surface area contributed by atoms with Crippen molar-refractivity contribution >= 4 is 62.3 Å². The second-order valence-electron chi connectivity index (χ2n) is 4.26. The van der Waals surface area contributed by atoms with E-state index in [1.807, 2.05) is 42.6 Å². The summed E-state index contributed by atoms with van der Waals surface area (Å²) in [4.78, 5) is 7.43.